The standard InChI is InChI=1S/C11H13N3O3/c1-11(13-14-11)2-3-12-10(17)7-4-8(15)6-9(16)5-7/h4-6,15-16H,2-3H2,1H3,(H,12,17). The van der Waals surface area contributed by atoms with Crippen molar-refractivity contribution in [3.8, 4) is 11.5 Å². The van der Waals surface area contributed by atoms with Crippen LogP contribution in [-0.2, 0) is 0 Å². The number of nitrogens with zero attached hydrogens (tertiary/aromatic N) is 2. The van der Waals surface area contributed by atoms with Crippen molar-refractivity contribution >= 4 is 5.91 Å². The highest BCUT2D eigenvalue weighted by atomic mass is 16.3. The van der Waals surface area contributed by atoms with Crippen molar-refractivity contribution in [2.45, 2.75) is 19.0 Å². The van der Waals surface area contributed by atoms with E-state index in [2.05, 4.69) is 15.5 Å². The van der Waals surface area contributed by atoms with Gasteiger partial charge in [0.1, 0.15) is 11.5 Å². The van der Waals surface area contributed by atoms with E-state index in [4.69, 9.17) is 0 Å². The SMILES string of the molecule is CC1(CCNC(=O)c2cc(O)cc(O)c2)N=N1. The molecule has 17 heavy (non-hydrogen) atoms. The monoisotopic (exact) mass is 235 g/mol. The minimum Gasteiger partial charge on any atom is -0.508 e. The van der Waals surface area contributed by atoms with Gasteiger partial charge in [0.05, 0.1) is 0 Å². The number of aromatic hydroxyl groups is 2. The fourth-order valence-electron chi connectivity index (χ4n) is 1.43. The molecule has 0 bridgehead atoms. The molecule has 6 heteroatoms. The molecule has 0 saturated carbocycles. The van der Waals surface area contributed by atoms with Gasteiger partial charge in [0.25, 0.3) is 5.91 Å². The van der Waals surface area contributed by atoms with Crippen molar-refractivity contribution < 1.29 is 15.0 Å². The van der Waals surface area contributed by atoms with Crippen molar-refractivity contribution in [1.82, 2.24) is 5.32 Å². The van der Waals surface area contributed by atoms with Crippen molar-refractivity contribution in [2.75, 3.05) is 6.54 Å². The third-order valence-corrected chi connectivity index (χ3v) is 2.49. The van der Waals surface area contributed by atoms with Gasteiger partial charge >= 0.3 is 0 Å². The van der Waals surface area contributed by atoms with Crippen LogP contribution in [0.1, 0.15) is 23.7 Å². The Morgan fingerprint density at radius 2 is 1.88 bits per heavy atom. The number of amides is 1. The molecule has 3 N–H and O–H groups in total. The first-order valence-corrected chi connectivity index (χ1v) is 5.24. The van der Waals surface area contributed by atoms with E-state index in [9.17, 15) is 15.0 Å². The van der Waals surface area contributed by atoms with Crippen LogP contribution in [0.2, 0.25) is 0 Å². The lowest BCUT2D eigenvalue weighted by molar-refractivity contribution is 0.0951. The highest BCUT2D eigenvalue weighted by Gasteiger charge is 2.32. The Balaban J connectivity index is 1.90. The van der Waals surface area contributed by atoms with Gasteiger partial charge in [-0.05, 0) is 19.1 Å². The van der Waals surface area contributed by atoms with E-state index in [0.717, 1.165) is 0 Å². The first-order chi connectivity index (χ1) is 7.98. The van der Waals surface area contributed by atoms with Gasteiger partial charge in [-0.2, -0.15) is 10.2 Å². The van der Waals surface area contributed by atoms with Crippen LogP contribution >= 0.6 is 0 Å². The largest absolute Gasteiger partial charge is 0.508 e. The molecule has 2 rings (SSSR count). The second kappa shape index (κ2) is 4.04. The molecule has 0 unspecified atom stereocenters. The third kappa shape index (κ3) is 2.93. The van der Waals surface area contributed by atoms with Gasteiger partial charge in [-0.15, -0.1) is 0 Å². The van der Waals surface area contributed by atoms with Crippen molar-refractivity contribution in [1.29, 1.82) is 0 Å². The normalized spacial score (nSPS) is 15.6. The number of phenolic OH excluding ortho intramolecular Hbond substituents is 2. The van der Waals surface area contributed by atoms with Gasteiger partial charge in [0, 0.05) is 24.6 Å². The molecule has 1 aromatic rings. The number of hydrogen-bond donors (Lipinski definition) is 3. The van der Waals surface area contributed by atoms with Gasteiger partial charge in [-0.25, -0.2) is 0 Å². The maximum atomic E-state index is 11.7. The highest BCUT2D eigenvalue weighted by Crippen LogP contribution is 2.30. The van der Waals surface area contributed by atoms with Crippen molar-refractivity contribution in [2.24, 2.45) is 10.2 Å². The zero-order valence-electron chi connectivity index (χ0n) is 9.34. The molecule has 1 aromatic carbocycles. The molecule has 1 aliphatic heterocycles. The fraction of sp³-hybridized carbons (Fsp3) is 0.364. The number of hydrogen-bond acceptors (Lipinski definition) is 5. The molecule has 0 aliphatic carbocycles. The van der Waals surface area contributed by atoms with Crippen molar-refractivity contribution in [3.05, 3.63) is 23.8 Å². The first-order valence-electron chi connectivity index (χ1n) is 5.24. The Morgan fingerprint density at radius 3 is 2.41 bits per heavy atom. The number of rotatable bonds is 4. The van der Waals surface area contributed by atoms with Gasteiger partial charge in [-0.1, -0.05) is 0 Å². The molecule has 0 radical (unpaired) electrons. The van der Waals surface area contributed by atoms with Gasteiger partial charge in [0.2, 0.25) is 0 Å². The lowest BCUT2D eigenvalue weighted by Crippen LogP contribution is -2.27. The topological polar surface area (TPSA) is 94.3 Å². The number of carbonyl (C=O) groups is 1. The average molecular weight is 235 g/mol. The van der Waals surface area contributed by atoms with Crippen LogP contribution in [0.4, 0.5) is 0 Å². The second-order valence-electron chi connectivity index (χ2n) is 4.16. The number of phenols is 2. The Bertz CT molecular complexity index is 459. The zero-order valence-corrected chi connectivity index (χ0v) is 9.34. The summed E-state index contributed by atoms with van der Waals surface area (Å²) in [6.45, 7) is 2.32. The summed E-state index contributed by atoms with van der Waals surface area (Å²) in [5.41, 5.74) is -0.119. The molecule has 1 aliphatic rings. The third-order valence-electron chi connectivity index (χ3n) is 2.49. The predicted molar refractivity (Wildman–Crippen MR) is 60.0 cm³/mol. The Kier molecular flexibility index (Phi) is 2.71. The van der Waals surface area contributed by atoms with E-state index in [0.29, 0.717) is 13.0 Å². The maximum Gasteiger partial charge on any atom is 0.251 e. The lowest BCUT2D eigenvalue weighted by atomic mass is 10.1. The molecule has 6 nitrogen and oxygen atoms in total. The molecule has 1 heterocycles. The van der Waals surface area contributed by atoms with E-state index >= 15 is 0 Å². The molecule has 0 spiro atoms. The average Bonchev–Trinajstić information content (AvgIpc) is 2.95. The van der Waals surface area contributed by atoms with Crippen LogP contribution in [0.25, 0.3) is 0 Å². The van der Waals surface area contributed by atoms with E-state index in [1.165, 1.54) is 18.2 Å². The molecule has 1 amide bonds. The molecule has 0 atom stereocenters. The van der Waals surface area contributed by atoms with Crippen LogP contribution in [-0.4, -0.2) is 28.3 Å². The lowest BCUT2D eigenvalue weighted by Gasteiger charge is -2.07. The van der Waals surface area contributed by atoms with Gasteiger partial charge in [0.15, 0.2) is 5.66 Å². The summed E-state index contributed by atoms with van der Waals surface area (Å²) >= 11 is 0. The highest BCUT2D eigenvalue weighted by molar-refractivity contribution is 5.95. The molecule has 0 saturated heterocycles. The Hall–Kier alpha value is -2.11. The Labute approximate surface area is 98.0 Å². The predicted octanol–water partition coefficient (Wildman–Crippen LogP) is 1.40. The minimum atomic E-state index is -0.347. The maximum absolute atomic E-state index is 11.7. The molecular weight excluding hydrogens is 222 g/mol. The second-order valence-corrected chi connectivity index (χ2v) is 4.16. The summed E-state index contributed by atoms with van der Waals surface area (Å²) in [5.74, 6) is -0.635. The summed E-state index contributed by atoms with van der Waals surface area (Å²) in [7, 11) is 0. The summed E-state index contributed by atoms with van der Waals surface area (Å²) < 4.78 is 0. The quantitative estimate of drug-likeness (QED) is 0.736. The Morgan fingerprint density at radius 1 is 1.29 bits per heavy atom. The number of carbonyl (C=O) groups excluding carboxylic acids is 1. The summed E-state index contributed by atoms with van der Waals surface area (Å²) in [6, 6.07) is 3.76. The smallest absolute Gasteiger partial charge is 0.251 e. The van der Waals surface area contributed by atoms with Gasteiger partial charge in [-0.3, -0.25) is 4.79 Å². The summed E-state index contributed by atoms with van der Waals surface area (Å²) in [5, 5.41) is 28.8. The first kappa shape index (κ1) is 11.4. The molecular formula is C11H13N3O3. The van der Waals surface area contributed by atoms with E-state index in [-0.39, 0.29) is 28.6 Å². The fourth-order valence-corrected chi connectivity index (χ4v) is 1.43. The molecule has 90 valence electrons. The van der Waals surface area contributed by atoms with E-state index in [1.54, 1.807) is 0 Å². The summed E-state index contributed by atoms with van der Waals surface area (Å²) in [6.07, 6.45) is 0.642. The minimum absolute atomic E-state index is 0.144. The van der Waals surface area contributed by atoms with Crippen LogP contribution in [0.5, 0.6) is 11.5 Å². The summed E-state index contributed by atoms with van der Waals surface area (Å²) in [4.78, 5) is 11.7. The van der Waals surface area contributed by atoms with Crippen LogP contribution < -0.4 is 5.32 Å². The van der Waals surface area contributed by atoms with Gasteiger partial charge < -0.3 is 15.5 Å². The number of benzene rings is 1. The molecule has 0 fully saturated rings. The van der Waals surface area contributed by atoms with E-state index in [1.807, 2.05) is 6.92 Å². The van der Waals surface area contributed by atoms with Crippen molar-refractivity contribution in [3.63, 3.8) is 0 Å². The van der Waals surface area contributed by atoms with Crippen LogP contribution in [0.3, 0.4) is 0 Å². The van der Waals surface area contributed by atoms with E-state index < -0.39 is 0 Å². The molecule has 0 aromatic heterocycles. The zero-order chi connectivity index (χ0) is 12.5. The number of nitrogens with one attached hydrogen (secondary N) is 1. The van der Waals surface area contributed by atoms with Crippen LogP contribution in [0, 0.1) is 0 Å². The van der Waals surface area contributed by atoms with Crippen LogP contribution in [0.15, 0.2) is 28.4 Å².